The summed E-state index contributed by atoms with van der Waals surface area (Å²) in [5.41, 5.74) is 1.41. The SMILES string of the molecule is O=C1S/C(=C\c2ccc(O)c(O)c2)C(=O)N1Cc1ccc(I)cc1. The van der Waals surface area contributed by atoms with E-state index in [-0.39, 0.29) is 34.1 Å². The van der Waals surface area contributed by atoms with Gasteiger partial charge in [-0.1, -0.05) is 18.2 Å². The zero-order valence-electron chi connectivity index (χ0n) is 12.3. The molecule has 2 N–H and O–H groups in total. The smallest absolute Gasteiger partial charge is 0.293 e. The summed E-state index contributed by atoms with van der Waals surface area (Å²) in [5, 5.41) is 18.5. The van der Waals surface area contributed by atoms with Gasteiger partial charge in [0.15, 0.2) is 11.5 Å². The van der Waals surface area contributed by atoms with Crippen LogP contribution in [0.5, 0.6) is 11.5 Å². The summed E-state index contributed by atoms with van der Waals surface area (Å²) in [4.78, 5) is 26.0. The Labute approximate surface area is 156 Å². The van der Waals surface area contributed by atoms with E-state index in [0.717, 1.165) is 20.9 Å². The highest BCUT2D eigenvalue weighted by Crippen LogP contribution is 2.34. The van der Waals surface area contributed by atoms with Crippen LogP contribution in [0.25, 0.3) is 6.08 Å². The number of hydrogen-bond donors (Lipinski definition) is 2. The number of hydrogen-bond acceptors (Lipinski definition) is 5. The molecular weight excluding hydrogens is 441 g/mol. The lowest BCUT2D eigenvalue weighted by molar-refractivity contribution is -0.123. The average molecular weight is 453 g/mol. The molecule has 3 rings (SSSR count). The van der Waals surface area contributed by atoms with Gasteiger partial charge < -0.3 is 10.2 Å². The number of nitrogens with zero attached hydrogens (tertiary/aromatic N) is 1. The van der Waals surface area contributed by atoms with E-state index >= 15 is 0 Å². The largest absolute Gasteiger partial charge is 0.504 e. The van der Waals surface area contributed by atoms with E-state index in [1.807, 2.05) is 24.3 Å². The highest BCUT2D eigenvalue weighted by atomic mass is 127. The molecule has 1 aliphatic rings. The summed E-state index contributed by atoms with van der Waals surface area (Å²) in [6, 6.07) is 11.8. The molecule has 0 aromatic heterocycles. The Morgan fingerprint density at radius 1 is 1.04 bits per heavy atom. The van der Waals surface area contributed by atoms with E-state index in [4.69, 9.17) is 0 Å². The van der Waals surface area contributed by atoms with Crippen molar-refractivity contribution < 1.29 is 19.8 Å². The van der Waals surface area contributed by atoms with Gasteiger partial charge in [0.2, 0.25) is 0 Å². The van der Waals surface area contributed by atoms with Crippen LogP contribution in [0.4, 0.5) is 4.79 Å². The van der Waals surface area contributed by atoms with Crippen molar-refractivity contribution in [1.29, 1.82) is 0 Å². The lowest BCUT2D eigenvalue weighted by Crippen LogP contribution is -2.27. The second-order valence-electron chi connectivity index (χ2n) is 5.14. The van der Waals surface area contributed by atoms with Gasteiger partial charge in [-0.15, -0.1) is 0 Å². The molecule has 0 aliphatic carbocycles. The predicted molar refractivity (Wildman–Crippen MR) is 100 cm³/mol. The fourth-order valence-corrected chi connectivity index (χ4v) is 3.39. The van der Waals surface area contributed by atoms with E-state index in [1.165, 1.54) is 23.1 Å². The first-order valence-electron chi connectivity index (χ1n) is 6.96. The Hall–Kier alpha value is -2.00. The van der Waals surface area contributed by atoms with Gasteiger partial charge >= 0.3 is 0 Å². The van der Waals surface area contributed by atoms with Crippen molar-refractivity contribution in [2.24, 2.45) is 0 Å². The molecule has 0 saturated carbocycles. The molecule has 2 amide bonds. The Morgan fingerprint density at radius 3 is 2.42 bits per heavy atom. The summed E-state index contributed by atoms with van der Waals surface area (Å²) >= 11 is 3.05. The maximum absolute atomic E-state index is 12.4. The fraction of sp³-hybridized carbons (Fsp3) is 0.0588. The number of thioether (sulfide) groups is 1. The van der Waals surface area contributed by atoms with Gasteiger partial charge in [-0.25, -0.2) is 0 Å². The standard InChI is InChI=1S/C17H12INO4S/c18-12-4-1-10(2-5-12)9-19-16(22)15(24-17(19)23)8-11-3-6-13(20)14(21)7-11/h1-8,20-21H,9H2/b15-8-. The number of phenols is 2. The van der Waals surface area contributed by atoms with Crippen molar-refractivity contribution in [2.45, 2.75) is 6.54 Å². The number of carbonyl (C=O) groups excluding carboxylic acids is 2. The van der Waals surface area contributed by atoms with Crippen molar-refractivity contribution in [3.05, 3.63) is 62.1 Å². The molecule has 122 valence electrons. The van der Waals surface area contributed by atoms with Crippen LogP contribution in [-0.2, 0) is 11.3 Å². The maximum atomic E-state index is 12.4. The van der Waals surface area contributed by atoms with E-state index in [0.29, 0.717) is 5.56 Å². The Balaban J connectivity index is 1.81. The van der Waals surface area contributed by atoms with E-state index in [9.17, 15) is 19.8 Å². The van der Waals surface area contributed by atoms with E-state index in [2.05, 4.69) is 22.6 Å². The van der Waals surface area contributed by atoms with Crippen molar-refractivity contribution in [3.63, 3.8) is 0 Å². The Morgan fingerprint density at radius 2 is 1.75 bits per heavy atom. The zero-order valence-corrected chi connectivity index (χ0v) is 15.2. The van der Waals surface area contributed by atoms with E-state index < -0.39 is 0 Å². The van der Waals surface area contributed by atoms with Gasteiger partial charge in [0.25, 0.3) is 11.1 Å². The molecule has 1 saturated heterocycles. The molecule has 1 heterocycles. The molecule has 2 aromatic rings. The number of aromatic hydroxyl groups is 2. The third-order valence-corrected chi connectivity index (χ3v) is 5.05. The number of halogens is 1. The molecule has 2 aromatic carbocycles. The number of phenolic OH excluding ortho intramolecular Hbond substituents is 2. The number of imide groups is 1. The molecular formula is C17H12INO4S. The monoisotopic (exact) mass is 453 g/mol. The third kappa shape index (κ3) is 3.57. The molecule has 0 unspecified atom stereocenters. The van der Waals surface area contributed by atoms with Crippen LogP contribution in [-0.4, -0.2) is 26.3 Å². The van der Waals surface area contributed by atoms with Gasteiger partial charge in [0, 0.05) is 3.57 Å². The van der Waals surface area contributed by atoms with Gasteiger partial charge in [-0.3, -0.25) is 14.5 Å². The average Bonchev–Trinajstić information content (AvgIpc) is 2.80. The van der Waals surface area contributed by atoms with Crippen molar-refractivity contribution in [3.8, 4) is 11.5 Å². The highest BCUT2D eigenvalue weighted by molar-refractivity contribution is 14.1. The lowest BCUT2D eigenvalue weighted by atomic mass is 10.2. The predicted octanol–water partition coefficient (Wildman–Crippen LogP) is 3.94. The van der Waals surface area contributed by atoms with Crippen molar-refractivity contribution in [2.75, 3.05) is 0 Å². The number of rotatable bonds is 3. The first kappa shape index (κ1) is 16.8. The quantitative estimate of drug-likeness (QED) is 0.419. The van der Waals surface area contributed by atoms with Crippen LogP contribution in [0.1, 0.15) is 11.1 Å². The zero-order chi connectivity index (χ0) is 17.3. The lowest BCUT2D eigenvalue weighted by Gasteiger charge is -2.12. The first-order valence-corrected chi connectivity index (χ1v) is 8.85. The van der Waals surface area contributed by atoms with Crippen molar-refractivity contribution >= 4 is 51.6 Å². The molecule has 0 atom stereocenters. The highest BCUT2D eigenvalue weighted by Gasteiger charge is 2.34. The fourth-order valence-electron chi connectivity index (χ4n) is 2.19. The second kappa shape index (κ2) is 6.86. The van der Waals surface area contributed by atoms with Gasteiger partial charge in [-0.2, -0.15) is 0 Å². The summed E-state index contributed by atoms with van der Waals surface area (Å²) < 4.78 is 1.08. The number of benzene rings is 2. The Kier molecular flexibility index (Phi) is 4.81. The molecule has 1 aliphatic heterocycles. The van der Waals surface area contributed by atoms with Crippen LogP contribution in [0, 0.1) is 3.57 Å². The third-order valence-electron chi connectivity index (χ3n) is 3.42. The summed E-state index contributed by atoms with van der Waals surface area (Å²) in [7, 11) is 0. The van der Waals surface area contributed by atoms with Crippen LogP contribution in [0.15, 0.2) is 47.4 Å². The minimum atomic E-state index is -0.365. The topological polar surface area (TPSA) is 77.8 Å². The minimum absolute atomic E-state index is 0.222. The summed E-state index contributed by atoms with van der Waals surface area (Å²) in [6.07, 6.45) is 1.53. The van der Waals surface area contributed by atoms with E-state index in [1.54, 1.807) is 6.07 Å². The molecule has 0 spiro atoms. The van der Waals surface area contributed by atoms with Crippen LogP contribution < -0.4 is 0 Å². The maximum Gasteiger partial charge on any atom is 0.293 e. The van der Waals surface area contributed by atoms with Gasteiger partial charge in [0.05, 0.1) is 11.4 Å². The Bertz CT molecular complexity index is 848. The summed E-state index contributed by atoms with van der Waals surface area (Å²) in [6.45, 7) is 0.222. The summed E-state index contributed by atoms with van der Waals surface area (Å²) in [5.74, 6) is -0.878. The normalized spacial score (nSPS) is 16.2. The molecule has 7 heteroatoms. The minimum Gasteiger partial charge on any atom is -0.504 e. The van der Waals surface area contributed by atoms with Crippen LogP contribution >= 0.6 is 34.4 Å². The second-order valence-corrected chi connectivity index (χ2v) is 7.38. The molecule has 0 radical (unpaired) electrons. The molecule has 5 nitrogen and oxygen atoms in total. The van der Waals surface area contributed by atoms with Crippen molar-refractivity contribution in [1.82, 2.24) is 4.90 Å². The number of amides is 2. The van der Waals surface area contributed by atoms with Gasteiger partial charge in [0.1, 0.15) is 0 Å². The van der Waals surface area contributed by atoms with Crippen LogP contribution in [0.2, 0.25) is 0 Å². The van der Waals surface area contributed by atoms with Gasteiger partial charge in [-0.05, 0) is 75.8 Å². The number of carbonyl (C=O) groups is 2. The molecule has 1 fully saturated rings. The first-order chi connectivity index (χ1) is 11.4. The molecule has 24 heavy (non-hydrogen) atoms. The van der Waals surface area contributed by atoms with Crippen LogP contribution in [0.3, 0.4) is 0 Å². The molecule has 0 bridgehead atoms.